The highest BCUT2D eigenvalue weighted by Gasteiger charge is 2.33. The van der Waals surface area contributed by atoms with E-state index in [-0.39, 0.29) is 11.9 Å². The molecule has 0 spiro atoms. The Morgan fingerprint density at radius 1 is 1.03 bits per heavy atom. The highest BCUT2D eigenvalue weighted by atomic mass is 16.7. The third-order valence-electron chi connectivity index (χ3n) is 4.85. The fourth-order valence-electron chi connectivity index (χ4n) is 3.26. The SMILES string of the molecule is CC1(C)N=C(N)N=C(N)N1OCc1ccc2ccccc2c1.O=C(O)C(O)c1ccccc1. The fraction of sp³-hybridized carbons (Fsp3) is 0.208. The number of fused-ring (bicyclic) bond motifs is 1. The van der Waals surface area contributed by atoms with Crippen LogP contribution >= 0.6 is 0 Å². The monoisotopic (exact) mass is 449 g/mol. The third-order valence-corrected chi connectivity index (χ3v) is 4.85. The number of hydrogen-bond acceptors (Lipinski definition) is 8. The summed E-state index contributed by atoms with van der Waals surface area (Å²) in [5, 5.41) is 21.2. The Kier molecular flexibility index (Phi) is 7.27. The zero-order chi connectivity index (χ0) is 24.0. The van der Waals surface area contributed by atoms with E-state index in [0.717, 1.165) is 5.56 Å². The second kappa shape index (κ2) is 10.1. The van der Waals surface area contributed by atoms with Crippen molar-refractivity contribution in [1.29, 1.82) is 0 Å². The lowest BCUT2D eigenvalue weighted by Gasteiger charge is -2.36. The molecule has 0 amide bonds. The lowest BCUT2D eigenvalue weighted by molar-refractivity contribution is -0.166. The number of aliphatic carboxylic acids is 1. The molecule has 1 unspecified atom stereocenters. The number of guanidine groups is 2. The number of nitrogens with two attached hydrogens (primary N) is 2. The van der Waals surface area contributed by atoms with Gasteiger partial charge in [-0.2, -0.15) is 10.1 Å². The van der Waals surface area contributed by atoms with Gasteiger partial charge < -0.3 is 21.7 Å². The first kappa shape index (κ1) is 23.7. The van der Waals surface area contributed by atoms with Gasteiger partial charge in [0.15, 0.2) is 11.8 Å². The number of carboxylic acids is 1. The lowest BCUT2D eigenvalue weighted by Crippen LogP contribution is -2.53. The van der Waals surface area contributed by atoms with Crippen molar-refractivity contribution in [2.24, 2.45) is 21.5 Å². The van der Waals surface area contributed by atoms with Crippen LogP contribution in [0, 0.1) is 0 Å². The molecule has 1 aliphatic rings. The molecule has 0 radical (unpaired) electrons. The van der Waals surface area contributed by atoms with Crippen molar-refractivity contribution in [3.63, 3.8) is 0 Å². The lowest BCUT2D eigenvalue weighted by atomic mass is 10.1. The third kappa shape index (κ3) is 6.06. The number of nitrogens with zero attached hydrogens (tertiary/aromatic N) is 3. The molecule has 0 aliphatic carbocycles. The molecular weight excluding hydrogens is 422 g/mol. The van der Waals surface area contributed by atoms with Gasteiger partial charge in [0.2, 0.25) is 11.9 Å². The molecule has 0 saturated heterocycles. The molecule has 3 aromatic rings. The van der Waals surface area contributed by atoms with Crippen molar-refractivity contribution in [3.8, 4) is 0 Å². The summed E-state index contributed by atoms with van der Waals surface area (Å²) in [5.41, 5.74) is 12.3. The van der Waals surface area contributed by atoms with Gasteiger partial charge in [0.25, 0.3) is 0 Å². The molecule has 0 bridgehead atoms. The average molecular weight is 450 g/mol. The van der Waals surface area contributed by atoms with Gasteiger partial charge in [0, 0.05) is 0 Å². The van der Waals surface area contributed by atoms with E-state index in [9.17, 15) is 4.79 Å². The number of hydrogen-bond donors (Lipinski definition) is 4. The van der Waals surface area contributed by atoms with Crippen LogP contribution in [0.15, 0.2) is 82.8 Å². The van der Waals surface area contributed by atoms with Gasteiger partial charge >= 0.3 is 5.97 Å². The number of rotatable bonds is 5. The van der Waals surface area contributed by atoms with Crippen molar-refractivity contribution in [2.45, 2.75) is 32.2 Å². The molecule has 0 aromatic heterocycles. The van der Waals surface area contributed by atoms with Crippen LogP contribution in [0.3, 0.4) is 0 Å². The van der Waals surface area contributed by atoms with Crippen LogP contribution < -0.4 is 11.5 Å². The topological polar surface area (TPSA) is 147 Å². The molecule has 0 saturated carbocycles. The molecule has 9 nitrogen and oxygen atoms in total. The summed E-state index contributed by atoms with van der Waals surface area (Å²) in [6.07, 6.45) is -1.41. The van der Waals surface area contributed by atoms with E-state index in [2.05, 4.69) is 34.3 Å². The van der Waals surface area contributed by atoms with Gasteiger partial charge in [-0.15, -0.1) is 0 Å². The minimum atomic E-state index is -1.41. The van der Waals surface area contributed by atoms with E-state index >= 15 is 0 Å². The number of hydroxylamine groups is 2. The first-order valence-electron chi connectivity index (χ1n) is 10.2. The van der Waals surface area contributed by atoms with Gasteiger partial charge in [0.05, 0.1) is 0 Å². The zero-order valence-corrected chi connectivity index (χ0v) is 18.4. The zero-order valence-electron chi connectivity index (χ0n) is 18.4. The first-order chi connectivity index (χ1) is 15.7. The van der Waals surface area contributed by atoms with Crippen molar-refractivity contribution in [3.05, 3.63) is 83.9 Å². The van der Waals surface area contributed by atoms with Crippen molar-refractivity contribution < 1.29 is 19.8 Å². The molecule has 1 heterocycles. The van der Waals surface area contributed by atoms with Crippen LogP contribution in [-0.4, -0.2) is 38.8 Å². The fourth-order valence-corrected chi connectivity index (χ4v) is 3.26. The molecule has 0 fully saturated rings. The van der Waals surface area contributed by atoms with Gasteiger partial charge in [-0.25, -0.2) is 9.79 Å². The number of aliphatic imine (C=N–C) groups is 2. The molecule has 33 heavy (non-hydrogen) atoms. The molecule has 1 atom stereocenters. The quantitative estimate of drug-likeness (QED) is 0.468. The van der Waals surface area contributed by atoms with E-state index in [4.69, 9.17) is 26.5 Å². The first-order valence-corrected chi connectivity index (χ1v) is 10.2. The number of carbonyl (C=O) groups is 1. The minimum absolute atomic E-state index is 0.160. The van der Waals surface area contributed by atoms with Gasteiger partial charge in [0.1, 0.15) is 6.61 Å². The highest BCUT2D eigenvalue weighted by Crippen LogP contribution is 2.22. The Balaban J connectivity index is 0.000000235. The number of aliphatic hydroxyl groups excluding tert-OH is 1. The van der Waals surface area contributed by atoms with Crippen LogP contribution in [0.25, 0.3) is 10.8 Å². The molecule has 9 heteroatoms. The predicted molar refractivity (Wildman–Crippen MR) is 127 cm³/mol. The average Bonchev–Trinajstić information content (AvgIpc) is 2.78. The van der Waals surface area contributed by atoms with Crippen LogP contribution in [-0.2, 0) is 16.2 Å². The van der Waals surface area contributed by atoms with E-state index in [0.29, 0.717) is 12.2 Å². The summed E-state index contributed by atoms with van der Waals surface area (Å²) in [6.45, 7) is 4.10. The molecule has 6 N–H and O–H groups in total. The molecule has 172 valence electrons. The minimum Gasteiger partial charge on any atom is -0.479 e. The summed E-state index contributed by atoms with van der Waals surface area (Å²) in [7, 11) is 0. The predicted octanol–water partition coefficient (Wildman–Crippen LogP) is 2.76. The number of benzene rings is 3. The van der Waals surface area contributed by atoms with Crippen molar-refractivity contribution in [2.75, 3.05) is 0 Å². The smallest absolute Gasteiger partial charge is 0.337 e. The van der Waals surface area contributed by atoms with Crippen LogP contribution in [0.4, 0.5) is 0 Å². The van der Waals surface area contributed by atoms with Crippen LogP contribution in [0.1, 0.15) is 31.1 Å². The molecule has 4 rings (SSSR count). The summed E-state index contributed by atoms with van der Waals surface area (Å²) in [6, 6.07) is 22.7. The summed E-state index contributed by atoms with van der Waals surface area (Å²) < 4.78 is 0. The Morgan fingerprint density at radius 3 is 2.30 bits per heavy atom. The summed E-state index contributed by atoms with van der Waals surface area (Å²) in [4.78, 5) is 24.2. The summed E-state index contributed by atoms with van der Waals surface area (Å²) in [5.74, 6) is -0.859. The molecule has 3 aromatic carbocycles. The Morgan fingerprint density at radius 2 is 1.67 bits per heavy atom. The summed E-state index contributed by atoms with van der Waals surface area (Å²) >= 11 is 0. The number of aliphatic hydroxyl groups is 1. The van der Waals surface area contributed by atoms with Gasteiger partial charge in [-0.3, -0.25) is 4.84 Å². The van der Waals surface area contributed by atoms with Crippen molar-refractivity contribution in [1.82, 2.24) is 5.06 Å². The normalized spacial score (nSPS) is 15.7. The maximum Gasteiger partial charge on any atom is 0.337 e. The Labute approximate surface area is 191 Å². The van der Waals surface area contributed by atoms with Crippen LogP contribution in [0.2, 0.25) is 0 Å². The maximum absolute atomic E-state index is 10.2. The van der Waals surface area contributed by atoms with Gasteiger partial charge in [-0.1, -0.05) is 66.7 Å². The maximum atomic E-state index is 10.2. The van der Waals surface area contributed by atoms with E-state index < -0.39 is 17.7 Å². The molecule has 1 aliphatic heterocycles. The number of carboxylic acid groups (broad SMARTS) is 1. The van der Waals surface area contributed by atoms with E-state index in [1.165, 1.54) is 15.8 Å². The second-order valence-electron chi connectivity index (χ2n) is 7.84. The standard InChI is InChI=1S/C16H19N5O.C8H8O3/c1-16(2)20-14(17)19-15(18)21(16)22-10-11-7-8-12-5-3-4-6-13(12)9-11;9-7(8(10)11)6-4-2-1-3-5-6/h3-9H,10H2,1-2H3,(H4,17,18,19,20);1-5,7,9H,(H,10,11). The highest BCUT2D eigenvalue weighted by molar-refractivity contribution is 5.95. The van der Waals surface area contributed by atoms with Crippen LogP contribution in [0.5, 0.6) is 0 Å². The molecular formula is C24H27N5O4. The Bertz CT molecular complexity index is 1180. The largest absolute Gasteiger partial charge is 0.479 e. The van der Waals surface area contributed by atoms with Gasteiger partial charge in [-0.05, 0) is 41.8 Å². The van der Waals surface area contributed by atoms with Crippen molar-refractivity contribution >= 4 is 28.7 Å². The van der Waals surface area contributed by atoms with E-state index in [1.807, 2.05) is 32.0 Å². The van der Waals surface area contributed by atoms with E-state index in [1.54, 1.807) is 30.3 Å². The Hall–Kier alpha value is -3.95. The second-order valence-corrected chi connectivity index (χ2v) is 7.84.